The Kier molecular flexibility index (Phi) is 4.17. The van der Waals surface area contributed by atoms with Crippen LogP contribution in [0.15, 0.2) is 33.9 Å². The molecule has 0 N–H and O–H groups in total. The molecule has 0 fully saturated rings. The number of aryl methyl sites for hydroxylation is 1. The second kappa shape index (κ2) is 6.55. The van der Waals surface area contributed by atoms with Gasteiger partial charge in [0.25, 0.3) is 5.56 Å². The van der Waals surface area contributed by atoms with Gasteiger partial charge in [0.2, 0.25) is 5.95 Å². The minimum absolute atomic E-state index is 0.282. The van der Waals surface area contributed by atoms with Crippen molar-refractivity contribution in [3.63, 3.8) is 0 Å². The topological polar surface area (TPSA) is 101 Å². The number of methoxy groups -OCH3 is 2. The molecule has 2 aromatic heterocycles. The summed E-state index contributed by atoms with van der Waals surface area (Å²) in [5.41, 5.74) is 0.297. The molecule has 0 atom stereocenters. The summed E-state index contributed by atoms with van der Waals surface area (Å²) in [4.78, 5) is 43.6. The fourth-order valence-electron chi connectivity index (χ4n) is 3.42. The number of esters is 1. The molecule has 0 amide bonds. The van der Waals surface area contributed by atoms with Crippen LogP contribution in [0.3, 0.4) is 0 Å². The average Bonchev–Trinajstić information content (AvgIpc) is 3.29. The number of aromatic nitrogens is 4. The van der Waals surface area contributed by atoms with Gasteiger partial charge in [-0.25, -0.2) is 9.36 Å². The standard InChI is InChI=1S/C18H19N5O5/c1-20-15-14(16(25)23(18(20)26)10-13(24)28-3)22-9-8-21(17(22)19-15)11-4-6-12(27-2)7-5-11/h4-7H,8-10H2,1-3H3. The maximum absolute atomic E-state index is 12.9. The van der Waals surface area contributed by atoms with Gasteiger partial charge in [0.05, 0.1) is 14.2 Å². The number of rotatable bonds is 4. The highest BCUT2D eigenvalue weighted by Crippen LogP contribution is 2.32. The molecule has 0 saturated carbocycles. The Morgan fingerprint density at radius 2 is 1.86 bits per heavy atom. The molecule has 0 saturated heterocycles. The predicted octanol–water partition coefficient (Wildman–Crippen LogP) is 0.230. The summed E-state index contributed by atoms with van der Waals surface area (Å²) in [5, 5.41) is 0. The van der Waals surface area contributed by atoms with Gasteiger partial charge in [-0.05, 0) is 24.3 Å². The summed E-state index contributed by atoms with van der Waals surface area (Å²) in [6, 6.07) is 7.50. The highest BCUT2D eigenvalue weighted by molar-refractivity contribution is 5.78. The van der Waals surface area contributed by atoms with Gasteiger partial charge in [0.1, 0.15) is 12.3 Å². The molecule has 1 aliphatic heterocycles. The molecule has 4 rings (SSSR count). The molecule has 0 spiro atoms. The predicted molar refractivity (Wildman–Crippen MR) is 101 cm³/mol. The van der Waals surface area contributed by atoms with Crippen molar-refractivity contribution in [3.05, 3.63) is 45.1 Å². The minimum atomic E-state index is -0.667. The molecule has 3 heterocycles. The van der Waals surface area contributed by atoms with Crippen LogP contribution in [0.2, 0.25) is 0 Å². The van der Waals surface area contributed by atoms with Crippen LogP contribution >= 0.6 is 0 Å². The zero-order valence-corrected chi connectivity index (χ0v) is 15.7. The third-order valence-corrected chi connectivity index (χ3v) is 4.90. The second-order valence-electron chi connectivity index (χ2n) is 6.39. The number of hydrogen-bond donors (Lipinski definition) is 0. The summed E-state index contributed by atoms with van der Waals surface area (Å²) in [5.74, 6) is 0.646. The maximum atomic E-state index is 12.9. The maximum Gasteiger partial charge on any atom is 0.333 e. The Labute approximate surface area is 159 Å². The second-order valence-corrected chi connectivity index (χ2v) is 6.39. The first-order valence-electron chi connectivity index (χ1n) is 8.64. The smallest absolute Gasteiger partial charge is 0.333 e. The number of nitrogens with zero attached hydrogens (tertiary/aromatic N) is 5. The van der Waals surface area contributed by atoms with E-state index in [9.17, 15) is 14.4 Å². The van der Waals surface area contributed by atoms with E-state index in [0.29, 0.717) is 19.0 Å². The molecule has 0 bridgehead atoms. The van der Waals surface area contributed by atoms with Crippen LogP contribution in [-0.4, -0.2) is 45.4 Å². The lowest BCUT2D eigenvalue weighted by Gasteiger charge is -2.16. The molecule has 146 valence electrons. The van der Waals surface area contributed by atoms with E-state index in [-0.39, 0.29) is 11.2 Å². The van der Waals surface area contributed by atoms with Crippen molar-refractivity contribution in [2.75, 3.05) is 25.7 Å². The van der Waals surface area contributed by atoms with Gasteiger partial charge in [-0.15, -0.1) is 0 Å². The van der Waals surface area contributed by atoms with Gasteiger partial charge >= 0.3 is 11.7 Å². The molecule has 10 nitrogen and oxygen atoms in total. The molecular weight excluding hydrogens is 366 g/mol. The molecule has 10 heteroatoms. The number of carbonyl (C=O) groups is 1. The lowest BCUT2D eigenvalue weighted by Crippen LogP contribution is -2.41. The van der Waals surface area contributed by atoms with Crippen molar-refractivity contribution in [3.8, 4) is 5.75 Å². The van der Waals surface area contributed by atoms with Crippen molar-refractivity contribution >= 4 is 28.8 Å². The van der Waals surface area contributed by atoms with Gasteiger partial charge in [0, 0.05) is 25.8 Å². The van der Waals surface area contributed by atoms with E-state index < -0.39 is 23.8 Å². The lowest BCUT2D eigenvalue weighted by atomic mass is 10.3. The van der Waals surface area contributed by atoms with Crippen molar-refractivity contribution in [1.29, 1.82) is 0 Å². The molecule has 28 heavy (non-hydrogen) atoms. The van der Waals surface area contributed by atoms with Gasteiger partial charge in [-0.1, -0.05) is 0 Å². The Hall–Kier alpha value is -3.56. The van der Waals surface area contributed by atoms with Crippen molar-refractivity contribution in [2.24, 2.45) is 7.05 Å². The quantitative estimate of drug-likeness (QED) is 0.593. The van der Waals surface area contributed by atoms with Crippen molar-refractivity contribution in [1.82, 2.24) is 18.7 Å². The summed E-state index contributed by atoms with van der Waals surface area (Å²) >= 11 is 0. The Balaban J connectivity index is 1.88. The third kappa shape index (κ3) is 2.56. The fourth-order valence-corrected chi connectivity index (χ4v) is 3.42. The van der Waals surface area contributed by atoms with Gasteiger partial charge in [-0.3, -0.25) is 14.2 Å². The van der Waals surface area contributed by atoms with E-state index in [1.165, 1.54) is 18.7 Å². The molecule has 1 aromatic carbocycles. The monoisotopic (exact) mass is 385 g/mol. The fraction of sp³-hybridized carbons (Fsp3) is 0.333. The summed E-state index contributed by atoms with van der Waals surface area (Å²) < 4.78 is 13.7. The summed E-state index contributed by atoms with van der Waals surface area (Å²) in [6.45, 7) is 0.716. The van der Waals surface area contributed by atoms with Crippen LogP contribution in [0, 0.1) is 0 Å². The van der Waals surface area contributed by atoms with E-state index in [1.807, 2.05) is 29.2 Å². The molecule has 0 radical (unpaired) electrons. The van der Waals surface area contributed by atoms with Crippen LogP contribution in [-0.2, 0) is 29.7 Å². The van der Waals surface area contributed by atoms with E-state index in [1.54, 1.807) is 11.7 Å². The highest BCUT2D eigenvalue weighted by Gasteiger charge is 2.29. The number of carbonyl (C=O) groups excluding carboxylic acids is 1. The van der Waals surface area contributed by atoms with Gasteiger partial charge < -0.3 is 18.9 Å². The number of imidazole rings is 1. The number of benzene rings is 1. The van der Waals surface area contributed by atoms with Crippen LogP contribution in [0.5, 0.6) is 5.75 Å². The summed E-state index contributed by atoms with van der Waals surface area (Å²) in [7, 11) is 4.34. The van der Waals surface area contributed by atoms with Crippen molar-refractivity contribution < 1.29 is 14.3 Å². The van der Waals surface area contributed by atoms with Crippen molar-refractivity contribution in [2.45, 2.75) is 13.1 Å². The first-order valence-corrected chi connectivity index (χ1v) is 8.64. The Morgan fingerprint density at radius 1 is 1.14 bits per heavy atom. The van der Waals surface area contributed by atoms with Gasteiger partial charge in [0.15, 0.2) is 11.2 Å². The van der Waals surface area contributed by atoms with Crippen LogP contribution < -0.4 is 20.9 Å². The third-order valence-electron chi connectivity index (χ3n) is 4.90. The van der Waals surface area contributed by atoms with Gasteiger partial charge in [-0.2, -0.15) is 4.98 Å². The minimum Gasteiger partial charge on any atom is -0.497 e. The molecule has 0 unspecified atom stereocenters. The zero-order chi connectivity index (χ0) is 20.0. The normalized spacial score (nSPS) is 13.0. The number of ether oxygens (including phenoxy) is 2. The molecule has 1 aliphatic rings. The van der Waals surface area contributed by atoms with E-state index in [0.717, 1.165) is 16.0 Å². The molecule has 3 aromatic rings. The number of hydrogen-bond acceptors (Lipinski definition) is 7. The summed E-state index contributed by atoms with van der Waals surface area (Å²) in [6.07, 6.45) is 0. The first-order chi connectivity index (χ1) is 13.5. The van der Waals surface area contributed by atoms with Crippen LogP contribution in [0.1, 0.15) is 0 Å². The SMILES string of the molecule is COC(=O)Cn1c(=O)c2c(nc3n2CCN3c2ccc(OC)cc2)n(C)c1=O. The number of fused-ring (bicyclic) bond motifs is 3. The zero-order valence-electron chi connectivity index (χ0n) is 15.7. The van der Waals surface area contributed by atoms with Crippen LogP contribution in [0.4, 0.5) is 11.6 Å². The average molecular weight is 385 g/mol. The van der Waals surface area contributed by atoms with E-state index in [4.69, 9.17) is 4.74 Å². The van der Waals surface area contributed by atoms with E-state index >= 15 is 0 Å². The molecule has 0 aliphatic carbocycles. The molecular formula is C18H19N5O5. The van der Waals surface area contributed by atoms with E-state index in [2.05, 4.69) is 9.72 Å². The van der Waals surface area contributed by atoms with Crippen LogP contribution in [0.25, 0.3) is 11.2 Å². The number of anilines is 2. The Morgan fingerprint density at radius 3 is 2.50 bits per heavy atom. The highest BCUT2D eigenvalue weighted by atomic mass is 16.5. The largest absolute Gasteiger partial charge is 0.497 e. The Bertz CT molecular complexity index is 1190. The lowest BCUT2D eigenvalue weighted by molar-refractivity contribution is -0.141. The first kappa shape index (κ1) is 17.8.